The Morgan fingerprint density at radius 1 is 1.21 bits per heavy atom. The van der Waals surface area contributed by atoms with Crippen molar-refractivity contribution in [3.63, 3.8) is 0 Å². The molecule has 0 fully saturated rings. The molecule has 0 heterocycles. The maximum atomic E-state index is 12.4. The minimum absolute atomic E-state index is 0.209. The van der Waals surface area contributed by atoms with Gasteiger partial charge in [-0.15, -0.1) is 0 Å². The molecular weight excluding hydrogens is 323 g/mol. The molecule has 0 aliphatic heterocycles. The standard InChI is InChI=1S/C12H15BF3O2Se/c1-12(2,3)18-11(17)8-19-10-6-4-9(5-7-10)13(14,15)16/h4-7H,8H2,1-3H3/q-1. The average Bonchev–Trinajstić information content (AvgIpc) is 2.23. The van der Waals surface area contributed by atoms with E-state index in [2.05, 4.69) is 0 Å². The summed E-state index contributed by atoms with van der Waals surface area (Å²) in [6, 6.07) is 4.97. The molecule has 0 N–H and O–H groups in total. The quantitative estimate of drug-likeness (QED) is 0.619. The van der Waals surface area contributed by atoms with Crippen LogP contribution in [0.1, 0.15) is 20.8 Å². The van der Waals surface area contributed by atoms with Gasteiger partial charge in [-0.05, 0) is 0 Å². The third-order valence-corrected chi connectivity index (χ3v) is 4.10. The van der Waals surface area contributed by atoms with Crippen molar-refractivity contribution in [3.8, 4) is 0 Å². The van der Waals surface area contributed by atoms with E-state index in [0.29, 0.717) is 0 Å². The predicted molar refractivity (Wildman–Crippen MR) is 71.2 cm³/mol. The minimum atomic E-state index is -4.95. The summed E-state index contributed by atoms with van der Waals surface area (Å²) in [5.74, 6) is -0.323. The number of hydrogen-bond donors (Lipinski definition) is 0. The monoisotopic (exact) mass is 339 g/mol. The number of carbonyl (C=O) groups is 1. The first-order valence-corrected chi connectivity index (χ1v) is 7.79. The van der Waals surface area contributed by atoms with E-state index in [1.165, 1.54) is 12.1 Å². The van der Waals surface area contributed by atoms with Crippen LogP contribution < -0.4 is 9.92 Å². The summed E-state index contributed by atoms with van der Waals surface area (Å²) in [6.07, 6.45) is 0. The van der Waals surface area contributed by atoms with E-state index in [0.717, 1.165) is 16.6 Å². The Kier molecular flexibility index (Phi) is 5.10. The summed E-state index contributed by atoms with van der Waals surface area (Å²) in [6.45, 7) is 0.377. The van der Waals surface area contributed by atoms with Crippen molar-refractivity contribution in [1.29, 1.82) is 0 Å². The van der Waals surface area contributed by atoms with E-state index in [-0.39, 0.29) is 26.2 Å². The van der Waals surface area contributed by atoms with Crippen LogP contribution in [-0.2, 0) is 9.53 Å². The zero-order valence-corrected chi connectivity index (χ0v) is 12.7. The predicted octanol–water partition coefficient (Wildman–Crippen LogP) is 1.83. The van der Waals surface area contributed by atoms with Crippen molar-refractivity contribution in [2.24, 2.45) is 0 Å². The zero-order chi connectivity index (χ0) is 14.7. The Morgan fingerprint density at radius 3 is 2.16 bits per heavy atom. The fourth-order valence-electron chi connectivity index (χ4n) is 1.30. The second-order valence-electron chi connectivity index (χ2n) is 5.02. The Morgan fingerprint density at radius 2 is 1.74 bits per heavy atom. The summed E-state index contributed by atoms with van der Waals surface area (Å²) < 4.78 is 43.1. The van der Waals surface area contributed by atoms with Crippen LogP contribution in [0.2, 0.25) is 5.32 Å². The normalized spacial score (nSPS) is 12.3. The second kappa shape index (κ2) is 6.01. The molecule has 1 aromatic rings. The first kappa shape index (κ1) is 16.1. The van der Waals surface area contributed by atoms with Crippen molar-refractivity contribution >= 4 is 37.8 Å². The molecule has 0 unspecified atom stereocenters. The SMILES string of the molecule is CC(C)(C)OC(=O)C[Se]c1ccc([B-](F)(F)F)cc1. The summed E-state index contributed by atoms with van der Waals surface area (Å²) in [7, 11) is 0. The van der Waals surface area contributed by atoms with E-state index in [1.54, 1.807) is 20.8 Å². The van der Waals surface area contributed by atoms with Crippen LogP contribution in [0, 0.1) is 0 Å². The Balaban J connectivity index is 2.53. The molecule has 2 nitrogen and oxygen atoms in total. The first-order chi connectivity index (χ1) is 8.58. The van der Waals surface area contributed by atoms with E-state index in [9.17, 15) is 17.7 Å². The molecule has 0 atom stereocenters. The number of benzene rings is 1. The summed E-state index contributed by atoms with van der Waals surface area (Å²) in [4.78, 5) is 11.5. The molecule has 0 saturated carbocycles. The average molecular weight is 338 g/mol. The topological polar surface area (TPSA) is 26.3 Å². The Labute approximate surface area is 116 Å². The van der Waals surface area contributed by atoms with Crippen molar-refractivity contribution < 1.29 is 22.5 Å². The van der Waals surface area contributed by atoms with Crippen LogP contribution in [0.3, 0.4) is 0 Å². The molecule has 0 saturated heterocycles. The zero-order valence-electron chi connectivity index (χ0n) is 11.0. The number of ether oxygens (including phenoxy) is 1. The van der Waals surface area contributed by atoms with E-state index in [1.807, 2.05) is 0 Å². The van der Waals surface area contributed by atoms with Crippen molar-refractivity contribution in [3.05, 3.63) is 24.3 Å². The summed E-state index contributed by atoms with van der Waals surface area (Å²) in [5, 5.41) is 0.223. The van der Waals surface area contributed by atoms with E-state index < -0.39 is 18.0 Å². The Hall–Kier alpha value is -0.936. The molecule has 0 amide bonds. The number of halogens is 3. The van der Waals surface area contributed by atoms with Crippen LogP contribution in [0.15, 0.2) is 24.3 Å². The third kappa shape index (κ3) is 6.16. The van der Waals surface area contributed by atoms with Crippen LogP contribution >= 0.6 is 0 Å². The number of hydrogen-bond acceptors (Lipinski definition) is 2. The molecule has 0 bridgehead atoms. The van der Waals surface area contributed by atoms with Gasteiger partial charge in [0.15, 0.2) is 0 Å². The fraction of sp³-hybridized carbons (Fsp3) is 0.417. The van der Waals surface area contributed by atoms with Gasteiger partial charge in [0, 0.05) is 0 Å². The summed E-state index contributed by atoms with van der Waals surface area (Å²) >= 11 is -0.209. The molecule has 1 aromatic carbocycles. The van der Waals surface area contributed by atoms with Gasteiger partial charge < -0.3 is 0 Å². The molecule has 0 aliphatic rings. The van der Waals surface area contributed by atoms with Crippen LogP contribution in [-0.4, -0.2) is 33.5 Å². The first-order valence-electron chi connectivity index (χ1n) is 5.72. The molecular formula is C12H15BF3O2Se-. The van der Waals surface area contributed by atoms with Crippen LogP contribution in [0.25, 0.3) is 0 Å². The van der Waals surface area contributed by atoms with Gasteiger partial charge in [0.2, 0.25) is 0 Å². The van der Waals surface area contributed by atoms with Gasteiger partial charge in [-0.25, -0.2) is 0 Å². The third-order valence-electron chi connectivity index (χ3n) is 2.03. The van der Waals surface area contributed by atoms with Gasteiger partial charge >= 0.3 is 116 Å². The number of rotatable bonds is 4. The van der Waals surface area contributed by atoms with Crippen LogP contribution in [0.4, 0.5) is 12.9 Å². The number of carbonyl (C=O) groups excluding carboxylic acids is 1. The number of esters is 1. The molecule has 0 aliphatic carbocycles. The second-order valence-corrected chi connectivity index (χ2v) is 7.22. The van der Waals surface area contributed by atoms with Gasteiger partial charge in [-0.1, -0.05) is 0 Å². The molecule has 106 valence electrons. The van der Waals surface area contributed by atoms with Gasteiger partial charge in [0.05, 0.1) is 0 Å². The molecule has 0 aromatic heterocycles. The van der Waals surface area contributed by atoms with E-state index in [4.69, 9.17) is 4.74 Å². The Bertz CT molecular complexity index is 438. The maximum absolute atomic E-state index is 12.4. The summed E-state index contributed by atoms with van der Waals surface area (Å²) in [5.41, 5.74) is -1.15. The molecule has 0 spiro atoms. The molecule has 7 heteroatoms. The molecule has 1 rings (SSSR count). The van der Waals surface area contributed by atoms with E-state index >= 15 is 0 Å². The van der Waals surface area contributed by atoms with Gasteiger partial charge in [0.25, 0.3) is 0 Å². The van der Waals surface area contributed by atoms with Crippen molar-refractivity contribution in [1.82, 2.24) is 0 Å². The fourth-order valence-corrected chi connectivity index (χ4v) is 2.71. The van der Waals surface area contributed by atoms with Gasteiger partial charge in [-0.2, -0.15) is 0 Å². The van der Waals surface area contributed by atoms with Crippen molar-refractivity contribution in [2.45, 2.75) is 31.7 Å². The van der Waals surface area contributed by atoms with Crippen molar-refractivity contribution in [2.75, 3.05) is 0 Å². The van der Waals surface area contributed by atoms with Crippen LogP contribution in [0.5, 0.6) is 0 Å². The van der Waals surface area contributed by atoms with Gasteiger partial charge in [0.1, 0.15) is 0 Å². The molecule has 0 radical (unpaired) electrons. The van der Waals surface area contributed by atoms with Gasteiger partial charge in [-0.3, -0.25) is 0 Å². The molecule has 19 heavy (non-hydrogen) atoms.